The van der Waals surface area contributed by atoms with E-state index < -0.39 is 16.8 Å². The number of rotatable bonds is 2. The van der Waals surface area contributed by atoms with Crippen molar-refractivity contribution in [2.75, 3.05) is 6.61 Å². The van der Waals surface area contributed by atoms with Crippen molar-refractivity contribution in [1.29, 1.82) is 0 Å². The van der Waals surface area contributed by atoms with Crippen LogP contribution in [-0.4, -0.2) is 22.5 Å². The lowest BCUT2D eigenvalue weighted by atomic mass is 10.1. The highest BCUT2D eigenvalue weighted by atomic mass is 16.5. The molecule has 1 aliphatic carbocycles. The average molecular weight is 336 g/mol. The van der Waals surface area contributed by atoms with Gasteiger partial charge in [-0.05, 0) is 19.1 Å². The molecule has 0 saturated heterocycles. The van der Waals surface area contributed by atoms with Crippen LogP contribution in [0.5, 0.6) is 0 Å². The number of aromatic amines is 1. The van der Waals surface area contributed by atoms with Crippen molar-refractivity contribution in [3.8, 4) is 11.5 Å². The van der Waals surface area contributed by atoms with Crippen LogP contribution in [0.15, 0.2) is 50.4 Å². The van der Waals surface area contributed by atoms with Gasteiger partial charge in [-0.2, -0.15) is 0 Å². The second-order valence-corrected chi connectivity index (χ2v) is 5.42. The Morgan fingerprint density at radius 3 is 2.80 bits per heavy atom. The van der Waals surface area contributed by atoms with E-state index in [1.54, 1.807) is 31.2 Å². The highest BCUT2D eigenvalue weighted by molar-refractivity contribution is 5.97. The Hall–Kier alpha value is -3.48. The number of fused-ring (bicyclic) bond motifs is 4. The minimum absolute atomic E-state index is 0.000958. The molecule has 2 heterocycles. The lowest BCUT2D eigenvalue weighted by molar-refractivity contribution is 0.0520. The third kappa shape index (κ3) is 2.37. The minimum Gasteiger partial charge on any atom is -0.461 e. The molecule has 0 fully saturated rings. The zero-order valence-electron chi connectivity index (χ0n) is 13.2. The van der Waals surface area contributed by atoms with E-state index in [4.69, 9.17) is 9.15 Å². The Morgan fingerprint density at radius 1 is 1.20 bits per heavy atom. The summed E-state index contributed by atoms with van der Waals surface area (Å²) in [4.78, 5) is 44.0. The number of carbonyl (C=O) groups excluding carboxylic acids is 1. The molecule has 25 heavy (non-hydrogen) atoms. The van der Waals surface area contributed by atoms with Gasteiger partial charge in [0.15, 0.2) is 16.8 Å². The van der Waals surface area contributed by atoms with Crippen LogP contribution >= 0.6 is 0 Å². The lowest BCUT2D eigenvalue weighted by Gasteiger charge is -2.09. The van der Waals surface area contributed by atoms with Crippen molar-refractivity contribution < 1.29 is 13.9 Å². The van der Waals surface area contributed by atoms with Crippen molar-refractivity contribution in [2.45, 2.75) is 6.92 Å². The maximum atomic E-state index is 12.6. The number of H-pyrrole nitrogens is 1. The van der Waals surface area contributed by atoms with Crippen molar-refractivity contribution in [1.82, 2.24) is 9.97 Å². The fourth-order valence-electron chi connectivity index (χ4n) is 2.74. The summed E-state index contributed by atoms with van der Waals surface area (Å²) in [5.74, 6) is -0.484. The summed E-state index contributed by atoms with van der Waals surface area (Å²) in [6.45, 7) is 1.81. The summed E-state index contributed by atoms with van der Waals surface area (Å²) in [5.41, 5.74) is 0.292. The van der Waals surface area contributed by atoms with Gasteiger partial charge in [0.05, 0.1) is 12.0 Å². The average Bonchev–Trinajstić information content (AvgIpc) is 2.60. The Labute approximate surface area is 140 Å². The predicted octanol–water partition coefficient (Wildman–Crippen LogP) is 2.31. The van der Waals surface area contributed by atoms with Gasteiger partial charge in [0.2, 0.25) is 5.43 Å². The lowest BCUT2D eigenvalue weighted by Crippen LogP contribution is -2.18. The summed E-state index contributed by atoms with van der Waals surface area (Å²) in [7, 11) is 0. The maximum Gasteiger partial charge on any atom is 0.354 e. The van der Waals surface area contributed by atoms with Gasteiger partial charge in [-0.15, -0.1) is 0 Å². The number of para-hydroxylation sites is 2. The van der Waals surface area contributed by atoms with Gasteiger partial charge in [0.25, 0.3) is 0 Å². The first-order valence-corrected chi connectivity index (χ1v) is 7.65. The number of esters is 1. The number of carbonyl (C=O) groups is 1. The number of aromatic nitrogens is 2. The minimum atomic E-state index is -0.697. The molecule has 124 valence electrons. The van der Waals surface area contributed by atoms with E-state index >= 15 is 0 Å². The number of nitrogens with zero attached hydrogens (tertiary/aromatic N) is 1. The SMILES string of the molecule is CCOC(=O)c1cc(=O)c2c3nc4ccccc4oc-3cc(=O)c2[nH]1. The van der Waals surface area contributed by atoms with Crippen LogP contribution in [0.3, 0.4) is 0 Å². The zero-order valence-corrected chi connectivity index (χ0v) is 13.2. The molecule has 0 saturated carbocycles. The Bertz CT molecular complexity index is 1220. The summed E-state index contributed by atoms with van der Waals surface area (Å²) in [5, 5.41) is 0.0880. The molecule has 2 aliphatic rings. The van der Waals surface area contributed by atoms with Gasteiger partial charge in [-0.25, -0.2) is 9.78 Å². The Balaban J connectivity index is 2.12. The third-order valence-corrected chi connectivity index (χ3v) is 3.82. The molecule has 1 aromatic carbocycles. The quantitative estimate of drug-likeness (QED) is 0.342. The van der Waals surface area contributed by atoms with Crippen molar-refractivity contribution in [2.24, 2.45) is 0 Å². The molecule has 0 atom stereocenters. The topological polar surface area (TPSA) is 102 Å². The number of ether oxygens (including phenoxy) is 1. The van der Waals surface area contributed by atoms with Crippen LogP contribution in [0.25, 0.3) is 33.5 Å². The van der Waals surface area contributed by atoms with Crippen LogP contribution in [0, 0.1) is 0 Å². The summed E-state index contributed by atoms with van der Waals surface area (Å²) < 4.78 is 10.6. The molecule has 1 N–H and O–H groups in total. The van der Waals surface area contributed by atoms with Gasteiger partial charge in [0, 0.05) is 12.1 Å². The van der Waals surface area contributed by atoms with Crippen LogP contribution in [0.2, 0.25) is 0 Å². The van der Waals surface area contributed by atoms with E-state index in [0.29, 0.717) is 11.1 Å². The molecule has 1 aliphatic heterocycles. The molecule has 7 nitrogen and oxygen atoms in total. The monoisotopic (exact) mass is 336 g/mol. The highest BCUT2D eigenvalue weighted by Gasteiger charge is 2.20. The molecular formula is C18H12N2O5. The van der Waals surface area contributed by atoms with Gasteiger partial charge in [0.1, 0.15) is 22.4 Å². The highest BCUT2D eigenvalue weighted by Crippen LogP contribution is 2.27. The van der Waals surface area contributed by atoms with E-state index in [1.165, 1.54) is 6.07 Å². The van der Waals surface area contributed by atoms with Crippen molar-refractivity contribution >= 4 is 28.0 Å². The Kier molecular flexibility index (Phi) is 3.35. The maximum absolute atomic E-state index is 12.6. The normalized spacial score (nSPS) is 11.2. The molecule has 0 unspecified atom stereocenters. The second kappa shape index (κ2) is 5.55. The molecule has 2 aromatic rings. The first-order chi connectivity index (χ1) is 12.1. The molecule has 7 heteroatoms. The van der Waals surface area contributed by atoms with Crippen LogP contribution < -0.4 is 10.9 Å². The molecule has 0 radical (unpaired) electrons. The van der Waals surface area contributed by atoms with Crippen LogP contribution in [0.4, 0.5) is 0 Å². The number of benzene rings is 2. The summed E-state index contributed by atoms with van der Waals surface area (Å²) in [6, 6.07) is 9.42. The largest absolute Gasteiger partial charge is 0.461 e. The van der Waals surface area contributed by atoms with E-state index in [9.17, 15) is 14.4 Å². The molecule has 0 bridgehead atoms. The molecule has 4 rings (SSSR count). The van der Waals surface area contributed by atoms with E-state index in [2.05, 4.69) is 9.97 Å². The van der Waals surface area contributed by atoms with Crippen LogP contribution in [-0.2, 0) is 4.74 Å². The first kappa shape index (κ1) is 15.1. The van der Waals surface area contributed by atoms with E-state index in [-0.39, 0.29) is 34.7 Å². The van der Waals surface area contributed by atoms with Gasteiger partial charge in [-0.3, -0.25) is 9.59 Å². The van der Waals surface area contributed by atoms with E-state index in [1.807, 2.05) is 0 Å². The molecule has 0 spiro atoms. The number of hydrogen-bond donors (Lipinski definition) is 1. The standard InChI is InChI=1S/C18H12N2O5/c1-2-24-18(23)10-7-11(21)15-16(20-10)12(22)8-14-17(15)19-9-5-3-4-6-13(9)25-14/h3-8H,2H2,1H3,(H,20,21). The van der Waals surface area contributed by atoms with Crippen LogP contribution in [0.1, 0.15) is 17.4 Å². The van der Waals surface area contributed by atoms with Gasteiger partial charge >= 0.3 is 5.97 Å². The van der Waals surface area contributed by atoms with Crippen molar-refractivity contribution in [3.63, 3.8) is 0 Å². The second-order valence-electron chi connectivity index (χ2n) is 5.42. The predicted molar refractivity (Wildman–Crippen MR) is 91.0 cm³/mol. The first-order valence-electron chi connectivity index (χ1n) is 7.65. The van der Waals surface area contributed by atoms with Gasteiger partial charge < -0.3 is 14.1 Å². The molecular weight excluding hydrogens is 324 g/mol. The zero-order chi connectivity index (χ0) is 17.6. The summed E-state index contributed by atoms with van der Waals surface area (Å²) >= 11 is 0. The fraction of sp³-hybridized carbons (Fsp3) is 0.111. The van der Waals surface area contributed by atoms with E-state index in [0.717, 1.165) is 6.07 Å². The smallest absolute Gasteiger partial charge is 0.354 e. The molecule has 0 amide bonds. The Morgan fingerprint density at radius 2 is 2.00 bits per heavy atom. The number of nitrogens with one attached hydrogen (secondary N) is 1. The fourth-order valence-corrected chi connectivity index (χ4v) is 2.74. The summed E-state index contributed by atoms with van der Waals surface area (Å²) in [6.07, 6.45) is 0. The van der Waals surface area contributed by atoms with Gasteiger partial charge in [-0.1, -0.05) is 12.1 Å². The number of hydrogen-bond acceptors (Lipinski definition) is 6. The molecule has 1 aromatic heterocycles. The number of pyridine rings is 1. The third-order valence-electron chi connectivity index (χ3n) is 3.82. The van der Waals surface area contributed by atoms with Crippen molar-refractivity contribution in [3.05, 3.63) is 62.5 Å².